The number of aldehydes is 1. The number of nitrogens with one attached hydrogen (secondary N) is 1. The van der Waals surface area contributed by atoms with Crippen LogP contribution < -0.4 is 5.32 Å². The summed E-state index contributed by atoms with van der Waals surface area (Å²) < 4.78 is 26.3. The molecule has 2 rings (SSSR count). The highest BCUT2D eigenvalue weighted by molar-refractivity contribution is 6.32. The summed E-state index contributed by atoms with van der Waals surface area (Å²) in [6.45, 7) is 1.58. The summed E-state index contributed by atoms with van der Waals surface area (Å²) in [7, 11) is 0. The van der Waals surface area contributed by atoms with E-state index in [4.69, 9.17) is 11.6 Å². The topological polar surface area (TPSA) is 54.9 Å². The first-order valence-corrected chi connectivity index (χ1v) is 5.60. The van der Waals surface area contributed by atoms with Crippen LogP contribution in [0.1, 0.15) is 16.2 Å². The zero-order chi connectivity index (χ0) is 14.0. The van der Waals surface area contributed by atoms with E-state index < -0.39 is 11.6 Å². The first-order valence-electron chi connectivity index (χ1n) is 5.22. The van der Waals surface area contributed by atoms with Crippen LogP contribution >= 0.6 is 11.6 Å². The molecule has 2 aromatic rings. The molecule has 0 aliphatic rings. The van der Waals surface area contributed by atoms with Gasteiger partial charge in [0.1, 0.15) is 28.4 Å². The lowest BCUT2D eigenvalue weighted by atomic mass is 10.2. The van der Waals surface area contributed by atoms with Gasteiger partial charge in [0.25, 0.3) is 0 Å². The van der Waals surface area contributed by atoms with Crippen molar-refractivity contribution in [3.05, 3.63) is 46.4 Å². The van der Waals surface area contributed by atoms with Crippen molar-refractivity contribution in [1.29, 1.82) is 0 Å². The van der Waals surface area contributed by atoms with Crippen molar-refractivity contribution >= 4 is 29.4 Å². The summed E-state index contributed by atoms with van der Waals surface area (Å²) >= 11 is 5.79. The van der Waals surface area contributed by atoms with Gasteiger partial charge in [0, 0.05) is 6.07 Å². The SMILES string of the molecule is Cc1nc(Cl)c(C=O)c(Nc2ccc(F)cc2F)n1. The number of rotatable bonds is 3. The Morgan fingerprint density at radius 2 is 2.05 bits per heavy atom. The number of anilines is 2. The molecule has 0 saturated carbocycles. The molecule has 0 amide bonds. The first kappa shape index (κ1) is 13.4. The Morgan fingerprint density at radius 1 is 1.32 bits per heavy atom. The zero-order valence-electron chi connectivity index (χ0n) is 9.75. The maximum atomic E-state index is 13.5. The smallest absolute Gasteiger partial charge is 0.156 e. The predicted molar refractivity (Wildman–Crippen MR) is 66.8 cm³/mol. The van der Waals surface area contributed by atoms with Gasteiger partial charge in [-0.3, -0.25) is 4.79 Å². The van der Waals surface area contributed by atoms with Crippen molar-refractivity contribution in [1.82, 2.24) is 9.97 Å². The van der Waals surface area contributed by atoms with E-state index in [1.807, 2.05) is 0 Å². The van der Waals surface area contributed by atoms with Gasteiger partial charge >= 0.3 is 0 Å². The largest absolute Gasteiger partial charge is 0.337 e. The van der Waals surface area contributed by atoms with Gasteiger partial charge in [0.15, 0.2) is 6.29 Å². The molecule has 0 aliphatic carbocycles. The molecule has 1 aromatic carbocycles. The lowest BCUT2D eigenvalue weighted by Crippen LogP contribution is -2.04. The van der Waals surface area contributed by atoms with E-state index in [1.54, 1.807) is 6.92 Å². The molecule has 0 fully saturated rings. The molecule has 1 N–H and O–H groups in total. The number of nitrogens with zero attached hydrogens (tertiary/aromatic N) is 2. The third-order valence-corrected chi connectivity index (χ3v) is 2.60. The number of aryl methyl sites for hydroxylation is 1. The second kappa shape index (κ2) is 5.27. The number of carbonyl (C=O) groups is 1. The number of halogens is 3. The summed E-state index contributed by atoms with van der Waals surface area (Å²) in [5, 5.41) is 2.56. The van der Waals surface area contributed by atoms with Crippen molar-refractivity contribution in [2.75, 3.05) is 5.32 Å². The van der Waals surface area contributed by atoms with Gasteiger partial charge in [-0.2, -0.15) is 0 Å². The van der Waals surface area contributed by atoms with Crippen LogP contribution in [0.4, 0.5) is 20.3 Å². The molecule has 7 heteroatoms. The molecule has 0 bridgehead atoms. The standard InChI is InChI=1S/C12H8ClF2N3O/c1-6-16-11(13)8(5-19)12(17-6)18-10-3-2-7(14)4-9(10)15/h2-5H,1H3,(H,16,17,18). The average Bonchev–Trinajstić information content (AvgIpc) is 2.32. The number of hydrogen-bond donors (Lipinski definition) is 1. The van der Waals surface area contributed by atoms with Crippen LogP contribution in [0.5, 0.6) is 0 Å². The molecule has 98 valence electrons. The van der Waals surface area contributed by atoms with Crippen LogP contribution in [-0.4, -0.2) is 16.3 Å². The maximum absolute atomic E-state index is 13.5. The fourth-order valence-electron chi connectivity index (χ4n) is 1.47. The van der Waals surface area contributed by atoms with Crippen molar-refractivity contribution < 1.29 is 13.6 Å². The number of hydrogen-bond acceptors (Lipinski definition) is 4. The normalized spacial score (nSPS) is 10.3. The molecule has 1 aromatic heterocycles. The van der Waals surface area contributed by atoms with Gasteiger partial charge < -0.3 is 5.32 Å². The van der Waals surface area contributed by atoms with Crippen molar-refractivity contribution in [2.24, 2.45) is 0 Å². The van der Waals surface area contributed by atoms with Crippen LogP contribution in [0.3, 0.4) is 0 Å². The minimum atomic E-state index is -0.802. The molecule has 0 unspecified atom stereocenters. The van der Waals surface area contributed by atoms with E-state index in [9.17, 15) is 13.6 Å². The van der Waals surface area contributed by atoms with Gasteiger partial charge in [-0.15, -0.1) is 0 Å². The van der Waals surface area contributed by atoms with Crippen LogP contribution in [0.2, 0.25) is 5.15 Å². The van der Waals surface area contributed by atoms with Gasteiger partial charge in [0.2, 0.25) is 0 Å². The van der Waals surface area contributed by atoms with Gasteiger partial charge in [0.05, 0.1) is 11.3 Å². The van der Waals surface area contributed by atoms with E-state index in [1.165, 1.54) is 6.07 Å². The predicted octanol–water partition coefficient (Wildman–Crippen LogP) is 3.27. The molecule has 4 nitrogen and oxygen atoms in total. The van der Waals surface area contributed by atoms with Crippen LogP contribution in [0, 0.1) is 18.6 Å². The summed E-state index contributed by atoms with van der Waals surface area (Å²) in [5.74, 6) is -1.11. The highest BCUT2D eigenvalue weighted by atomic mass is 35.5. The number of aromatic nitrogens is 2. The molecule has 0 atom stereocenters. The Hall–Kier alpha value is -2.08. The Bertz CT molecular complexity index is 649. The zero-order valence-corrected chi connectivity index (χ0v) is 10.5. The molecular weight excluding hydrogens is 276 g/mol. The molecule has 0 spiro atoms. The monoisotopic (exact) mass is 283 g/mol. The third kappa shape index (κ3) is 2.85. The van der Waals surface area contributed by atoms with E-state index in [0.29, 0.717) is 12.1 Å². The maximum Gasteiger partial charge on any atom is 0.156 e. The Labute approximate surface area is 112 Å². The minimum absolute atomic E-state index is 0.0102. The second-order valence-electron chi connectivity index (χ2n) is 3.69. The lowest BCUT2D eigenvalue weighted by molar-refractivity contribution is 0.112. The molecule has 0 saturated heterocycles. The fraction of sp³-hybridized carbons (Fsp3) is 0.0833. The van der Waals surface area contributed by atoms with E-state index in [2.05, 4.69) is 15.3 Å². The van der Waals surface area contributed by atoms with E-state index in [0.717, 1.165) is 12.1 Å². The van der Waals surface area contributed by atoms with Crippen molar-refractivity contribution in [3.63, 3.8) is 0 Å². The highest BCUT2D eigenvalue weighted by Gasteiger charge is 2.13. The molecule has 0 radical (unpaired) electrons. The average molecular weight is 284 g/mol. The second-order valence-corrected chi connectivity index (χ2v) is 4.05. The Balaban J connectivity index is 2.45. The van der Waals surface area contributed by atoms with E-state index in [-0.39, 0.29) is 22.2 Å². The summed E-state index contributed by atoms with van der Waals surface area (Å²) in [5.41, 5.74) is -0.00495. The first-order chi connectivity index (χ1) is 9.01. The molecule has 19 heavy (non-hydrogen) atoms. The van der Waals surface area contributed by atoms with E-state index >= 15 is 0 Å². The van der Waals surface area contributed by atoms with Crippen molar-refractivity contribution in [2.45, 2.75) is 6.92 Å². The fourth-order valence-corrected chi connectivity index (χ4v) is 1.72. The number of benzene rings is 1. The Morgan fingerprint density at radius 3 is 2.68 bits per heavy atom. The third-order valence-electron chi connectivity index (χ3n) is 2.31. The van der Waals surface area contributed by atoms with Crippen molar-refractivity contribution in [3.8, 4) is 0 Å². The molecule has 0 aliphatic heterocycles. The highest BCUT2D eigenvalue weighted by Crippen LogP contribution is 2.24. The Kier molecular flexibility index (Phi) is 3.71. The van der Waals surface area contributed by atoms with Crippen LogP contribution in [-0.2, 0) is 0 Å². The molecular formula is C12H8ClF2N3O. The minimum Gasteiger partial charge on any atom is -0.337 e. The molecule has 1 heterocycles. The lowest BCUT2D eigenvalue weighted by Gasteiger charge is -2.10. The van der Waals surface area contributed by atoms with Gasteiger partial charge in [-0.25, -0.2) is 18.7 Å². The van der Waals surface area contributed by atoms with Crippen LogP contribution in [0.25, 0.3) is 0 Å². The number of carbonyl (C=O) groups excluding carboxylic acids is 1. The van der Waals surface area contributed by atoms with Crippen LogP contribution in [0.15, 0.2) is 18.2 Å². The quantitative estimate of drug-likeness (QED) is 0.694. The summed E-state index contributed by atoms with van der Waals surface area (Å²) in [4.78, 5) is 18.7. The van der Waals surface area contributed by atoms with Gasteiger partial charge in [-0.05, 0) is 19.1 Å². The summed E-state index contributed by atoms with van der Waals surface area (Å²) in [6, 6.07) is 3.00. The summed E-state index contributed by atoms with van der Waals surface area (Å²) in [6.07, 6.45) is 0.464. The van der Waals surface area contributed by atoms with Gasteiger partial charge in [-0.1, -0.05) is 11.6 Å².